The molecule has 1 saturated heterocycles. The summed E-state index contributed by atoms with van der Waals surface area (Å²) >= 11 is 0. The first-order chi connectivity index (χ1) is 13.2. The number of nitrogens with zero attached hydrogens (tertiary/aromatic N) is 2. The molecule has 0 bridgehead atoms. The maximum absolute atomic E-state index is 14.4. The summed E-state index contributed by atoms with van der Waals surface area (Å²) in [7, 11) is 0. The number of hydrogen-bond donors (Lipinski definition) is 0. The SMILES string of the molecule is Cc1ccc(OC(C)(C)C(=O)N2CCC3(C2)OC(=O)c2cncc(F)c23)cc1. The molecule has 2 aliphatic heterocycles. The highest BCUT2D eigenvalue weighted by atomic mass is 19.1. The van der Waals surface area contributed by atoms with Gasteiger partial charge in [0, 0.05) is 19.2 Å². The van der Waals surface area contributed by atoms with E-state index in [9.17, 15) is 14.0 Å². The third kappa shape index (κ3) is 2.91. The van der Waals surface area contributed by atoms with Crippen molar-refractivity contribution in [1.29, 1.82) is 0 Å². The van der Waals surface area contributed by atoms with Gasteiger partial charge in [0.1, 0.15) is 11.6 Å². The van der Waals surface area contributed by atoms with Crippen LogP contribution in [0.5, 0.6) is 5.75 Å². The molecule has 1 unspecified atom stereocenters. The van der Waals surface area contributed by atoms with Crippen molar-refractivity contribution in [3.8, 4) is 5.75 Å². The quantitative estimate of drug-likeness (QED) is 0.761. The van der Waals surface area contributed by atoms with E-state index in [1.54, 1.807) is 18.7 Å². The van der Waals surface area contributed by atoms with Crippen LogP contribution in [0.4, 0.5) is 4.39 Å². The predicted molar refractivity (Wildman–Crippen MR) is 98.4 cm³/mol. The molecule has 28 heavy (non-hydrogen) atoms. The van der Waals surface area contributed by atoms with E-state index in [1.165, 1.54) is 6.20 Å². The lowest BCUT2D eigenvalue weighted by atomic mass is 9.92. The zero-order chi connectivity index (χ0) is 20.1. The number of aryl methyl sites for hydroxylation is 1. The highest BCUT2D eigenvalue weighted by Crippen LogP contribution is 2.44. The number of carbonyl (C=O) groups is 2. The summed E-state index contributed by atoms with van der Waals surface area (Å²) < 4.78 is 25.9. The largest absolute Gasteiger partial charge is 0.478 e. The minimum absolute atomic E-state index is 0.0895. The molecule has 0 radical (unpaired) electrons. The Labute approximate surface area is 162 Å². The van der Waals surface area contributed by atoms with Gasteiger partial charge < -0.3 is 14.4 Å². The highest BCUT2D eigenvalue weighted by molar-refractivity contribution is 5.95. The van der Waals surface area contributed by atoms with Gasteiger partial charge in [-0.1, -0.05) is 17.7 Å². The van der Waals surface area contributed by atoms with Gasteiger partial charge in [-0.25, -0.2) is 9.18 Å². The van der Waals surface area contributed by atoms with Gasteiger partial charge in [0.15, 0.2) is 11.2 Å². The average Bonchev–Trinajstić information content (AvgIpc) is 3.19. The van der Waals surface area contributed by atoms with Crippen LogP contribution < -0.4 is 4.74 Å². The Morgan fingerprint density at radius 2 is 2.00 bits per heavy atom. The number of likely N-dealkylation sites (tertiary alicyclic amines) is 1. The normalized spacial score (nSPS) is 21.0. The molecule has 1 aromatic heterocycles. The van der Waals surface area contributed by atoms with E-state index in [4.69, 9.17) is 9.47 Å². The molecule has 7 heteroatoms. The fourth-order valence-corrected chi connectivity index (χ4v) is 3.90. The second-order valence-corrected chi connectivity index (χ2v) is 7.83. The van der Waals surface area contributed by atoms with E-state index < -0.39 is 23.0 Å². The van der Waals surface area contributed by atoms with Gasteiger partial charge in [-0.2, -0.15) is 0 Å². The van der Waals surface area contributed by atoms with E-state index >= 15 is 0 Å². The van der Waals surface area contributed by atoms with Crippen molar-refractivity contribution < 1.29 is 23.5 Å². The first-order valence-corrected chi connectivity index (χ1v) is 9.14. The second-order valence-electron chi connectivity index (χ2n) is 7.83. The van der Waals surface area contributed by atoms with Crippen LogP contribution in [-0.4, -0.2) is 40.5 Å². The first kappa shape index (κ1) is 18.4. The van der Waals surface area contributed by atoms with Gasteiger partial charge in [0.2, 0.25) is 0 Å². The number of ether oxygens (including phenoxy) is 2. The van der Waals surface area contributed by atoms with E-state index in [2.05, 4.69) is 4.98 Å². The van der Waals surface area contributed by atoms with Gasteiger partial charge in [0.05, 0.1) is 23.9 Å². The van der Waals surface area contributed by atoms with Crippen LogP contribution in [0.3, 0.4) is 0 Å². The number of fused-ring (bicyclic) bond motifs is 2. The molecule has 1 amide bonds. The summed E-state index contributed by atoms with van der Waals surface area (Å²) in [6.07, 6.45) is 2.71. The molecule has 146 valence electrons. The van der Waals surface area contributed by atoms with Crippen LogP contribution >= 0.6 is 0 Å². The lowest BCUT2D eigenvalue weighted by Gasteiger charge is -2.31. The topological polar surface area (TPSA) is 68.7 Å². The Morgan fingerprint density at radius 3 is 2.71 bits per heavy atom. The molecule has 1 spiro atoms. The molecule has 3 heterocycles. The molecule has 4 rings (SSSR count). The molecule has 0 aliphatic carbocycles. The number of hydrogen-bond acceptors (Lipinski definition) is 5. The van der Waals surface area contributed by atoms with Crippen LogP contribution in [0, 0.1) is 12.7 Å². The van der Waals surface area contributed by atoms with E-state index in [0.29, 0.717) is 18.7 Å². The monoisotopic (exact) mass is 384 g/mol. The number of carbonyl (C=O) groups excluding carboxylic acids is 2. The summed E-state index contributed by atoms with van der Waals surface area (Å²) in [5.74, 6) is -0.851. The van der Waals surface area contributed by atoms with E-state index in [1.807, 2.05) is 31.2 Å². The Kier molecular flexibility index (Phi) is 4.14. The zero-order valence-corrected chi connectivity index (χ0v) is 16.0. The molecule has 6 nitrogen and oxygen atoms in total. The van der Waals surface area contributed by atoms with E-state index in [0.717, 1.165) is 11.8 Å². The van der Waals surface area contributed by atoms with Crippen LogP contribution in [0.25, 0.3) is 0 Å². The van der Waals surface area contributed by atoms with Gasteiger partial charge in [-0.15, -0.1) is 0 Å². The summed E-state index contributed by atoms with van der Waals surface area (Å²) in [4.78, 5) is 30.6. The fraction of sp³-hybridized carbons (Fsp3) is 0.381. The Hall–Kier alpha value is -2.96. The third-order valence-electron chi connectivity index (χ3n) is 5.29. The van der Waals surface area contributed by atoms with Crippen molar-refractivity contribution in [2.75, 3.05) is 13.1 Å². The number of pyridine rings is 1. The molecule has 0 N–H and O–H groups in total. The van der Waals surface area contributed by atoms with Gasteiger partial charge in [0.25, 0.3) is 5.91 Å². The van der Waals surface area contributed by atoms with Crippen molar-refractivity contribution >= 4 is 11.9 Å². The van der Waals surface area contributed by atoms with Crippen LogP contribution in [0.1, 0.15) is 41.8 Å². The van der Waals surface area contributed by atoms with Crippen LogP contribution in [-0.2, 0) is 15.1 Å². The number of rotatable bonds is 3. The van der Waals surface area contributed by atoms with Gasteiger partial charge in [-0.3, -0.25) is 9.78 Å². The van der Waals surface area contributed by atoms with Crippen LogP contribution in [0.2, 0.25) is 0 Å². The van der Waals surface area contributed by atoms with Gasteiger partial charge >= 0.3 is 5.97 Å². The molecule has 2 aromatic rings. The minimum Gasteiger partial charge on any atom is -0.478 e. The third-order valence-corrected chi connectivity index (χ3v) is 5.29. The zero-order valence-electron chi connectivity index (χ0n) is 16.0. The molecule has 1 aromatic carbocycles. The lowest BCUT2D eigenvalue weighted by molar-refractivity contribution is -0.145. The number of benzene rings is 1. The molecule has 1 atom stereocenters. The predicted octanol–water partition coefficient (Wildman–Crippen LogP) is 2.98. The smallest absolute Gasteiger partial charge is 0.341 e. The number of esters is 1. The van der Waals surface area contributed by atoms with E-state index in [-0.39, 0.29) is 23.6 Å². The molecular weight excluding hydrogens is 363 g/mol. The Balaban J connectivity index is 1.55. The van der Waals surface area contributed by atoms with Gasteiger partial charge in [-0.05, 0) is 32.9 Å². The molecule has 0 saturated carbocycles. The standard InChI is InChI=1S/C21H21FN2O4/c1-13-4-6-14(7-5-13)27-20(2,3)19(26)24-9-8-21(12-24)17-15(18(25)28-21)10-23-11-16(17)22/h4-7,10-11H,8-9,12H2,1-3H3. The summed E-state index contributed by atoms with van der Waals surface area (Å²) in [5.41, 5.74) is -0.862. The maximum atomic E-state index is 14.4. The molecule has 2 aliphatic rings. The molecular formula is C21H21FN2O4. The van der Waals surface area contributed by atoms with Crippen LogP contribution in [0.15, 0.2) is 36.7 Å². The average molecular weight is 384 g/mol. The van der Waals surface area contributed by atoms with Crippen molar-refractivity contribution in [3.63, 3.8) is 0 Å². The second kappa shape index (κ2) is 6.29. The summed E-state index contributed by atoms with van der Waals surface area (Å²) in [6, 6.07) is 7.44. The number of amides is 1. The summed E-state index contributed by atoms with van der Waals surface area (Å²) in [5, 5.41) is 0. The highest BCUT2D eigenvalue weighted by Gasteiger charge is 2.54. The maximum Gasteiger partial charge on any atom is 0.341 e. The molecule has 1 fully saturated rings. The lowest BCUT2D eigenvalue weighted by Crippen LogP contribution is -2.49. The summed E-state index contributed by atoms with van der Waals surface area (Å²) in [6.45, 7) is 5.79. The Bertz CT molecular complexity index is 957. The van der Waals surface area contributed by atoms with Crippen molar-refractivity contribution in [2.45, 2.75) is 38.4 Å². The van der Waals surface area contributed by atoms with Crippen molar-refractivity contribution in [3.05, 3.63) is 59.2 Å². The first-order valence-electron chi connectivity index (χ1n) is 9.14. The van der Waals surface area contributed by atoms with Crippen molar-refractivity contribution in [2.24, 2.45) is 0 Å². The fourth-order valence-electron chi connectivity index (χ4n) is 3.90. The minimum atomic E-state index is -1.16. The number of halogens is 1. The van der Waals surface area contributed by atoms with Crippen molar-refractivity contribution in [1.82, 2.24) is 9.88 Å². The Morgan fingerprint density at radius 1 is 1.29 bits per heavy atom. The number of aromatic nitrogens is 1.